The Morgan fingerprint density at radius 3 is 2.65 bits per heavy atom. The van der Waals surface area contributed by atoms with E-state index in [0.29, 0.717) is 21.7 Å². The van der Waals surface area contributed by atoms with Gasteiger partial charge >= 0.3 is 0 Å². The van der Waals surface area contributed by atoms with Crippen molar-refractivity contribution < 1.29 is 9.53 Å². The van der Waals surface area contributed by atoms with Crippen molar-refractivity contribution in [1.82, 2.24) is 14.9 Å². The Labute approximate surface area is 208 Å². The molecule has 0 bridgehead atoms. The molecular weight excluding hydrogens is 473 g/mol. The predicted octanol–water partition coefficient (Wildman–Crippen LogP) is 5.56. The molecule has 1 aromatic heterocycles. The van der Waals surface area contributed by atoms with Crippen LogP contribution in [0, 0.1) is 6.92 Å². The van der Waals surface area contributed by atoms with E-state index in [1.807, 2.05) is 0 Å². The Bertz CT molecular complexity index is 1290. The fraction of sp³-hybridized carbons (Fsp3) is 0.320. The summed E-state index contributed by atoms with van der Waals surface area (Å²) in [5, 5.41) is 4.00. The molecule has 34 heavy (non-hydrogen) atoms. The summed E-state index contributed by atoms with van der Waals surface area (Å²) in [4.78, 5) is 25.6. The Balaban J connectivity index is 1.42. The highest BCUT2D eigenvalue weighted by Gasteiger charge is 2.33. The summed E-state index contributed by atoms with van der Waals surface area (Å²) >= 11 is 12.6. The lowest BCUT2D eigenvalue weighted by molar-refractivity contribution is 0.0932. The number of carbonyl (C=O) groups excluding carboxylic acids is 1. The summed E-state index contributed by atoms with van der Waals surface area (Å²) in [7, 11) is 2.14. The fourth-order valence-corrected chi connectivity index (χ4v) is 5.78. The highest BCUT2D eigenvalue weighted by atomic mass is 35.5. The molecule has 1 N–H and O–H groups in total. The number of carbonyl (C=O) groups is 1. The molecule has 0 spiro atoms. The maximum absolute atomic E-state index is 13.1. The largest absolute Gasteiger partial charge is 0.455 e. The first-order valence-corrected chi connectivity index (χ1v) is 11.7. The normalized spacial score (nSPS) is 17.1. The number of amides is 1. The molecule has 0 saturated carbocycles. The van der Waals surface area contributed by atoms with Crippen LogP contribution in [0.25, 0.3) is 0 Å². The van der Waals surface area contributed by atoms with Crippen molar-refractivity contribution in [3.63, 3.8) is 0 Å². The molecule has 0 aliphatic carbocycles. The number of aromatic nitrogens is 2. The maximum atomic E-state index is 13.1. The molecule has 176 valence electrons. The molecule has 3 heterocycles. The third-order valence-electron chi connectivity index (χ3n) is 6.22. The summed E-state index contributed by atoms with van der Waals surface area (Å²) in [6.45, 7) is 8.55. The van der Waals surface area contributed by atoms with Crippen molar-refractivity contribution in [2.75, 3.05) is 30.5 Å². The van der Waals surface area contributed by atoms with E-state index in [2.05, 4.69) is 60.1 Å². The van der Waals surface area contributed by atoms with Crippen molar-refractivity contribution in [1.29, 1.82) is 0 Å². The van der Waals surface area contributed by atoms with Crippen LogP contribution < -0.4 is 15.0 Å². The number of nitrogens with one attached hydrogen (secondary N) is 1. The van der Waals surface area contributed by atoms with Gasteiger partial charge in [0, 0.05) is 30.4 Å². The van der Waals surface area contributed by atoms with E-state index in [0.717, 1.165) is 18.8 Å². The molecule has 1 amide bonds. The first kappa shape index (κ1) is 22.9. The minimum atomic E-state index is -0.322. The number of hydrogen-bond acceptors (Lipinski definition) is 6. The number of para-hydroxylation sites is 1. The van der Waals surface area contributed by atoms with E-state index in [9.17, 15) is 4.79 Å². The quantitative estimate of drug-likeness (QED) is 0.510. The van der Waals surface area contributed by atoms with Crippen LogP contribution in [0.2, 0.25) is 10.0 Å². The summed E-state index contributed by atoms with van der Waals surface area (Å²) in [5.74, 6) is 0.258. The van der Waals surface area contributed by atoms with Gasteiger partial charge in [-0.15, -0.1) is 0 Å². The number of nitrogens with zero attached hydrogens (tertiary/aromatic N) is 4. The Morgan fingerprint density at radius 2 is 1.91 bits per heavy atom. The van der Waals surface area contributed by atoms with Gasteiger partial charge in [-0.3, -0.25) is 9.69 Å². The van der Waals surface area contributed by atoms with E-state index in [-0.39, 0.29) is 29.5 Å². The van der Waals surface area contributed by atoms with Crippen molar-refractivity contribution in [3.8, 4) is 5.88 Å². The van der Waals surface area contributed by atoms with E-state index in [4.69, 9.17) is 27.9 Å². The van der Waals surface area contributed by atoms with E-state index >= 15 is 0 Å². The van der Waals surface area contributed by atoms with Gasteiger partial charge in [0.05, 0.1) is 15.7 Å². The highest BCUT2D eigenvalue weighted by Crippen LogP contribution is 2.39. The zero-order valence-electron chi connectivity index (χ0n) is 19.4. The molecule has 0 atom stereocenters. The number of benzene rings is 2. The molecular formula is C25H25Cl2N5O2. The maximum Gasteiger partial charge on any atom is 0.268 e. The summed E-state index contributed by atoms with van der Waals surface area (Å²) in [6.07, 6.45) is 1.46. The molecule has 0 fully saturated rings. The summed E-state index contributed by atoms with van der Waals surface area (Å²) in [5.41, 5.74) is 5.55. The van der Waals surface area contributed by atoms with Gasteiger partial charge in [0.15, 0.2) is 6.73 Å². The highest BCUT2D eigenvalue weighted by molar-refractivity contribution is 6.40. The van der Waals surface area contributed by atoms with Crippen molar-refractivity contribution >= 4 is 46.4 Å². The van der Waals surface area contributed by atoms with Gasteiger partial charge in [0.25, 0.3) is 5.91 Å². The molecule has 0 radical (unpaired) electrons. The molecule has 9 heteroatoms. The fourth-order valence-electron chi connectivity index (χ4n) is 5.18. The lowest BCUT2D eigenvalue weighted by Gasteiger charge is -2.39. The minimum absolute atomic E-state index is 0.0505. The van der Waals surface area contributed by atoms with E-state index in [1.165, 1.54) is 27.8 Å². The molecule has 0 saturated heterocycles. The van der Waals surface area contributed by atoms with Crippen molar-refractivity contribution in [2.45, 2.75) is 32.7 Å². The zero-order chi connectivity index (χ0) is 24.2. The van der Waals surface area contributed by atoms with Crippen LogP contribution in [0.4, 0.5) is 17.3 Å². The first-order valence-electron chi connectivity index (χ1n) is 11.0. The summed E-state index contributed by atoms with van der Waals surface area (Å²) < 4.78 is 5.79. The molecule has 7 nitrogen and oxygen atoms in total. The standard InChI is InChI=1S/C25H25Cl2N5O2/c1-14-8-16(9-15-11-31(4)12-25(2,3)20(14)15)29-24-28-10-17-22(30-24)34-13-32(23(17)33)21-18(26)6-5-7-19(21)27/h5-10H,11-13H2,1-4H3,(H,28,29,30). The van der Waals surface area contributed by atoms with Crippen LogP contribution in [-0.4, -0.2) is 41.1 Å². The van der Waals surface area contributed by atoms with Crippen LogP contribution >= 0.6 is 23.2 Å². The molecule has 0 unspecified atom stereocenters. The number of fused-ring (bicyclic) bond motifs is 2. The summed E-state index contributed by atoms with van der Waals surface area (Å²) in [6, 6.07) is 9.33. The van der Waals surface area contributed by atoms with Gasteiger partial charge in [-0.2, -0.15) is 4.98 Å². The lowest BCUT2D eigenvalue weighted by atomic mass is 9.76. The zero-order valence-corrected chi connectivity index (χ0v) is 21.0. The van der Waals surface area contributed by atoms with Crippen molar-refractivity contribution in [3.05, 3.63) is 68.8 Å². The van der Waals surface area contributed by atoms with Gasteiger partial charge < -0.3 is 15.0 Å². The number of anilines is 3. The number of likely N-dealkylation sites (N-methyl/N-ethyl adjacent to an activating group) is 1. The molecule has 5 rings (SSSR count). The Kier molecular flexibility index (Phi) is 5.67. The van der Waals surface area contributed by atoms with Gasteiger partial charge in [0.1, 0.15) is 5.56 Å². The second-order valence-electron chi connectivity index (χ2n) is 9.50. The number of rotatable bonds is 3. The smallest absolute Gasteiger partial charge is 0.268 e. The number of ether oxygens (including phenoxy) is 1. The average Bonchev–Trinajstić information content (AvgIpc) is 2.73. The Hall–Kier alpha value is -2.87. The number of aryl methyl sites for hydroxylation is 1. The van der Waals surface area contributed by atoms with Gasteiger partial charge in [-0.25, -0.2) is 4.98 Å². The SMILES string of the molecule is Cc1cc(Nc2ncc3c(n2)OCN(c2c(Cl)cccc2Cl)C3=O)cc2c1C(C)(C)CN(C)C2. The third kappa shape index (κ3) is 3.98. The van der Waals surface area contributed by atoms with Crippen LogP contribution in [0.5, 0.6) is 5.88 Å². The third-order valence-corrected chi connectivity index (χ3v) is 6.83. The van der Waals surface area contributed by atoms with Crippen LogP contribution in [0.15, 0.2) is 36.5 Å². The lowest BCUT2D eigenvalue weighted by Crippen LogP contribution is -2.40. The second-order valence-corrected chi connectivity index (χ2v) is 10.3. The van der Waals surface area contributed by atoms with Gasteiger partial charge in [-0.1, -0.05) is 43.1 Å². The van der Waals surface area contributed by atoms with Crippen LogP contribution in [-0.2, 0) is 12.0 Å². The van der Waals surface area contributed by atoms with E-state index < -0.39 is 0 Å². The molecule has 3 aromatic rings. The molecule has 2 aromatic carbocycles. The number of hydrogen-bond donors (Lipinski definition) is 1. The van der Waals surface area contributed by atoms with Crippen LogP contribution in [0.1, 0.15) is 40.9 Å². The predicted molar refractivity (Wildman–Crippen MR) is 135 cm³/mol. The Morgan fingerprint density at radius 1 is 1.18 bits per heavy atom. The van der Waals surface area contributed by atoms with Crippen LogP contribution in [0.3, 0.4) is 0 Å². The number of halogens is 2. The molecule has 2 aliphatic heterocycles. The van der Waals surface area contributed by atoms with Gasteiger partial charge in [-0.05, 0) is 54.9 Å². The topological polar surface area (TPSA) is 70.6 Å². The molecule has 2 aliphatic rings. The minimum Gasteiger partial charge on any atom is -0.455 e. The average molecular weight is 498 g/mol. The monoisotopic (exact) mass is 497 g/mol. The van der Waals surface area contributed by atoms with Gasteiger partial charge in [0.2, 0.25) is 11.8 Å². The van der Waals surface area contributed by atoms with Crippen molar-refractivity contribution in [2.24, 2.45) is 0 Å². The first-order chi connectivity index (χ1) is 16.1. The van der Waals surface area contributed by atoms with E-state index in [1.54, 1.807) is 18.2 Å². The second kappa shape index (κ2) is 8.41.